The minimum atomic E-state index is -4.58. The van der Waals surface area contributed by atoms with Crippen LogP contribution < -0.4 is 10.9 Å². The second-order valence-corrected chi connectivity index (χ2v) is 9.12. The van der Waals surface area contributed by atoms with Gasteiger partial charge in [-0.25, -0.2) is 4.98 Å². The van der Waals surface area contributed by atoms with E-state index in [9.17, 15) is 22.8 Å². The number of rotatable bonds is 5. The molecule has 10 heteroatoms. The number of thioether (sulfide) groups is 1. The lowest BCUT2D eigenvalue weighted by Gasteiger charge is -2.14. The molecule has 0 aliphatic heterocycles. The number of para-hydroxylation sites is 1. The number of anilines is 1. The Morgan fingerprint density at radius 2 is 1.81 bits per heavy atom. The molecule has 0 bridgehead atoms. The van der Waals surface area contributed by atoms with Crippen LogP contribution in [0.1, 0.15) is 11.1 Å². The number of alkyl halides is 3. The maximum absolute atomic E-state index is 13.5. The molecule has 0 saturated carbocycles. The van der Waals surface area contributed by atoms with Gasteiger partial charge in [-0.3, -0.25) is 14.2 Å². The molecule has 0 aliphatic rings. The molecule has 36 heavy (non-hydrogen) atoms. The molecule has 0 saturated heterocycles. The van der Waals surface area contributed by atoms with E-state index in [1.807, 2.05) is 19.1 Å². The van der Waals surface area contributed by atoms with E-state index in [4.69, 9.17) is 0 Å². The number of nitrogens with zero attached hydrogens (tertiary/aromatic N) is 2. The summed E-state index contributed by atoms with van der Waals surface area (Å²) in [5.74, 6) is -0.444. The van der Waals surface area contributed by atoms with E-state index in [1.54, 1.807) is 36.4 Å². The summed E-state index contributed by atoms with van der Waals surface area (Å²) in [6, 6.07) is 18.9. The summed E-state index contributed by atoms with van der Waals surface area (Å²) in [6.07, 6.45) is -4.58. The molecule has 2 N–H and O–H groups in total. The molecule has 0 spiro atoms. The average molecular weight is 509 g/mol. The third-order valence-electron chi connectivity index (χ3n) is 5.59. The van der Waals surface area contributed by atoms with Crippen molar-refractivity contribution in [1.29, 1.82) is 0 Å². The lowest BCUT2D eigenvalue weighted by atomic mass is 10.2. The fraction of sp³-hybridized carbons (Fsp3) is 0.115. The molecule has 0 radical (unpaired) electrons. The number of amides is 1. The van der Waals surface area contributed by atoms with Gasteiger partial charge in [-0.15, -0.1) is 0 Å². The Hall–Kier alpha value is -4.05. The molecule has 2 aromatic heterocycles. The maximum atomic E-state index is 13.5. The number of benzene rings is 3. The lowest BCUT2D eigenvalue weighted by Crippen LogP contribution is -2.23. The van der Waals surface area contributed by atoms with Gasteiger partial charge in [-0.05, 0) is 43.3 Å². The van der Waals surface area contributed by atoms with Crippen LogP contribution in [-0.4, -0.2) is 26.2 Å². The highest BCUT2D eigenvalue weighted by Gasteiger charge is 2.31. The normalized spacial score (nSPS) is 11.8. The van der Waals surface area contributed by atoms with Crippen molar-refractivity contribution in [2.45, 2.75) is 18.3 Å². The van der Waals surface area contributed by atoms with Crippen LogP contribution >= 0.6 is 11.8 Å². The van der Waals surface area contributed by atoms with Crippen LogP contribution in [0.15, 0.2) is 82.7 Å². The maximum Gasteiger partial charge on any atom is 0.416 e. The minimum Gasteiger partial charge on any atom is -0.349 e. The highest BCUT2D eigenvalue weighted by atomic mass is 32.2. The van der Waals surface area contributed by atoms with Crippen LogP contribution in [0.3, 0.4) is 0 Å². The third kappa shape index (κ3) is 4.59. The molecule has 5 aromatic rings. The Balaban J connectivity index is 1.58. The first-order valence-corrected chi connectivity index (χ1v) is 11.9. The molecule has 2 heterocycles. The number of carbonyl (C=O) groups is 1. The van der Waals surface area contributed by atoms with Crippen LogP contribution in [0.5, 0.6) is 0 Å². The number of aromatic nitrogens is 3. The van der Waals surface area contributed by atoms with Crippen molar-refractivity contribution in [1.82, 2.24) is 14.5 Å². The number of halogens is 3. The number of nitrogens with one attached hydrogen (secondary N) is 2. The average Bonchev–Trinajstić information content (AvgIpc) is 3.23. The summed E-state index contributed by atoms with van der Waals surface area (Å²) in [6.45, 7) is 1.93. The lowest BCUT2D eigenvalue weighted by molar-refractivity contribution is -0.137. The van der Waals surface area contributed by atoms with Crippen LogP contribution in [0.4, 0.5) is 18.9 Å². The number of H-pyrrole nitrogens is 1. The van der Waals surface area contributed by atoms with Crippen LogP contribution in [0.2, 0.25) is 0 Å². The fourth-order valence-electron chi connectivity index (χ4n) is 3.85. The first-order valence-electron chi connectivity index (χ1n) is 10.9. The smallest absolute Gasteiger partial charge is 0.349 e. The topological polar surface area (TPSA) is 79.8 Å². The molecule has 1 amide bonds. The second kappa shape index (κ2) is 9.19. The monoisotopic (exact) mass is 508 g/mol. The van der Waals surface area contributed by atoms with Gasteiger partial charge in [0.1, 0.15) is 11.0 Å². The first kappa shape index (κ1) is 23.7. The van der Waals surface area contributed by atoms with Crippen LogP contribution in [-0.2, 0) is 11.0 Å². The molecular weight excluding hydrogens is 489 g/mol. The minimum absolute atomic E-state index is 0.00400. The van der Waals surface area contributed by atoms with E-state index < -0.39 is 17.3 Å². The van der Waals surface area contributed by atoms with E-state index >= 15 is 0 Å². The zero-order valence-electron chi connectivity index (χ0n) is 18.9. The highest BCUT2D eigenvalue weighted by molar-refractivity contribution is 7.99. The molecule has 0 fully saturated rings. The van der Waals surface area contributed by atoms with Gasteiger partial charge in [0.2, 0.25) is 5.91 Å². The van der Waals surface area contributed by atoms with E-state index in [-0.39, 0.29) is 28.0 Å². The van der Waals surface area contributed by atoms with Gasteiger partial charge in [-0.2, -0.15) is 13.2 Å². The summed E-state index contributed by atoms with van der Waals surface area (Å²) >= 11 is 0.971. The molecule has 182 valence electrons. The zero-order chi connectivity index (χ0) is 25.4. The largest absolute Gasteiger partial charge is 0.416 e. The SMILES string of the molecule is Cc1ccc(NC(=O)CSc2nc3c([nH]c4ccccc43)c(=O)n2-c2cccc(C(F)(F)F)c2)cc1. The van der Waals surface area contributed by atoms with Crippen molar-refractivity contribution in [3.8, 4) is 5.69 Å². The molecular formula is C26H19F3N4O2S. The predicted molar refractivity (Wildman–Crippen MR) is 135 cm³/mol. The molecule has 3 aromatic carbocycles. The number of carbonyl (C=O) groups excluding carboxylic acids is 1. The Kier molecular flexibility index (Phi) is 6.05. The van der Waals surface area contributed by atoms with Crippen molar-refractivity contribution in [3.63, 3.8) is 0 Å². The number of hydrogen-bond donors (Lipinski definition) is 2. The van der Waals surface area contributed by atoms with E-state index in [0.717, 1.165) is 34.0 Å². The number of aryl methyl sites for hydroxylation is 1. The summed E-state index contributed by atoms with van der Waals surface area (Å²) < 4.78 is 41.3. The third-order valence-corrected chi connectivity index (χ3v) is 6.53. The zero-order valence-corrected chi connectivity index (χ0v) is 19.7. The fourth-order valence-corrected chi connectivity index (χ4v) is 4.66. The first-order chi connectivity index (χ1) is 17.2. The van der Waals surface area contributed by atoms with Crippen molar-refractivity contribution in [2.75, 3.05) is 11.1 Å². The van der Waals surface area contributed by atoms with Gasteiger partial charge in [-0.1, -0.05) is 53.7 Å². The van der Waals surface area contributed by atoms with E-state index in [1.165, 1.54) is 12.1 Å². The summed E-state index contributed by atoms with van der Waals surface area (Å²) in [5.41, 5.74) is 1.44. The highest BCUT2D eigenvalue weighted by Crippen LogP contribution is 2.32. The predicted octanol–water partition coefficient (Wildman–Crippen LogP) is 5.93. The molecule has 0 atom stereocenters. The van der Waals surface area contributed by atoms with Crippen LogP contribution in [0, 0.1) is 6.92 Å². The van der Waals surface area contributed by atoms with Crippen molar-refractivity contribution < 1.29 is 18.0 Å². The van der Waals surface area contributed by atoms with Crippen molar-refractivity contribution in [3.05, 3.63) is 94.3 Å². The number of aromatic amines is 1. The standard InChI is InChI=1S/C26H19F3N4O2S/c1-15-9-11-17(12-10-15)30-21(34)14-36-25-32-22-19-7-2-3-8-20(19)31-23(22)24(35)33(25)18-6-4-5-16(13-18)26(27,28)29/h2-13,31H,14H2,1H3,(H,30,34). The van der Waals surface area contributed by atoms with Gasteiger partial charge in [0, 0.05) is 16.6 Å². The van der Waals surface area contributed by atoms with Gasteiger partial charge >= 0.3 is 6.18 Å². The molecule has 0 aliphatic carbocycles. The Labute approximate surface area is 207 Å². The quantitative estimate of drug-likeness (QED) is 0.228. The van der Waals surface area contributed by atoms with Crippen molar-refractivity contribution in [2.24, 2.45) is 0 Å². The van der Waals surface area contributed by atoms with Gasteiger partial charge in [0.05, 0.1) is 17.0 Å². The van der Waals surface area contributed by atoms with Gasteiger partial charge in [0.25, 0.3) is 5.56 Å². The summed E-state index contributed by atoms with van der Waals surface area (Å²) in [5, 5.41) is 3.58. The number of hydrogen-bond acceptors (Lipinski definition) is 4. The van der Waals surface area contributed by atoms with Gasteiger partial charge < -0.3 is 10.3 Å². The van der Waals surface area contributed by atoms with E-state index in [0.29, 0.717) is 22.1 Å². The molecule has 0 unspecified atom stereocenters. The summed E-state index contributed by atoms with van der Waals surface area (Å²) in [7, 11) is 0. The van der Waals surface area contributed by atoms with Crippen LogP contribution in [0.25, 0.3) is 27.6 Å². The Bertz CT molecular complexity index is 1660. The summed E-state index contributed by atoms with van der Waals surface area (Å²) in [4.78, 5) is 33.8. The molecule has 5 rings (SSSR count). The molecule has 6 nitrogen and oxygen atoms in total. The Morgan fingerprint density at radius 3 is 2.56 bits per heavy atom. The number of fused-ring (bicyclic) bond motifs is 3. The van der Waals surface area contributed by atoms with E-state index in [2.05, 4.69) is 15.3 Å². The Morgan fingerprint density at radius 1 is 1.06 bits per heavy atom. The second-order valence-electron chi connectivity index (χ2n) is 8.18. The van der Waals surface area contributed by atoms with Crippen molar-refractivity contribution >= 4 is 45.3 Å². The van der Waals surface area contributed by atoms with Gasteiger partial charge in [0.15, 0.2) is 5.16 Å².